The minimum Gasteiger partial charge on any atom is -0.379 e. The summed E-state index contributed by atoms with van der Waals surface area (Å²) in [7, 11) is 0. The van der Waals surface area contributed by atoms with Crippen LogP contribution in [0.5, 0.6) is 0 Å². The third kappa shape index (κ3) is 1.87. The minimum atomic E-state index is -1.72. The van der Waals surface area contributed by atoms with Crippen LogP contribution in [-0.4, -0.2) is 20.6 Å². The number of halogens is 4. The van der Waals surface area contributed by atoms with Crippen LogP contribution in [0.1, 0.15) is 0 Å². The Morgan fingerprint density at radius 1 is 1.50 bits per heavy atom. The van der Waals surface area contributed by atoms with Crippen LogP contribution in [0.15, 0.2) is 19.5 Å². The van der Waals surface area contributed by atoms with Crippen molar-refractivity contribution in [2.75, 3.05) is 0 Å². The van der Waals surface area contributed by atoms with Gasteiger partial charge in [0.15, 0.2) is 6.10 Å². The standard InChI is InChI=1S/C6H3Br4NO3/c7-2-1-3(8)6(10,11(13)14)5(12)4(2)9/h1,5,12H. The predicted molar refractivity (Wildman–Crippen MR) is 66.5 cm³/mol. The molecule has 4 nitrogen and oxygen atoms in total. The first-order valence-electron chi connectivity index (χ1n) is 3.26. The van der Waals surface area contributed by atoms with Gasteiger partial charge in [-0.05, 0) is 37.9 Å². The van der Waals surface area contributed by atoms with Crippen molar-refractivity contribution in [3.05, 3.63) is 29.6 Å². The molecule has 0 amide bonds. The molecule has 0 bridgehead atoms. The first-order valence-corrected chi connectivity index (χ1v) is 6.43. The minimum absolute atomic E-state index is 0.248. The number of allylic oxidation sites excluding steroid dienone is 2. The number of nitrogens with zero attached hydrogens (tertiary/aromatic N) is 1. The highest BCUT2D eigenvalue weighted by molar-refractivity contribution is 9.15. The van der Waals surface area contributed by atoms with Crippen molar-refractivity contribution in [3.63, 3.8) is 0 Å². The number of nitro groups is 1. The van der Waals surface area contributed by atoms with Crippen molar-refractivity contribution in [3.8, 4) is 0 Å². The van der Waals surface area contributed by atoms with Crippen molar-refractivity contribution in [1.29, 1.82) is 0 Å². The van der Waals surface area contributed by atoms with Gasteiger partial charge in [-0.3, -0.25) is 10.1 Å². The number of rotatable bonds is 1. The Balaban J connectivity index is 3.29. The molecular formula is C6H3Br4NO3. The summed E-state index contributed by atoms with van der Waals surface area (Å²) in [4.78, 5) is 10.2. The van der Waals surface area contributed by atoms with Crippen LogP contribution in [0.4, 0.5) is 0 Å². The van der Waals surface area contributed by atoms with Gasteiger partial charge in [0.1, 0.15) is 0 Å². The van der Waals surface area contributed by atoms with Crippen LogP contribution in [0.2, 0.25) is 0 Å². The Morgan fingerprint density at radius 2 is 2.00 bits per heavy atom. The lowest BCUT2D eigenvalue weighted by molar-refractivity contribution is -0.532. The van der Waals surface area contributed by atoms with Gasteiger partial charge in [-0.25, -0.2) is 0 Å². The molecule has 8 heteroatoms. The molecule has 1 N–H and O–H groups in total. The lowest BCUT2D eigenvalue weighted by Gasteiger charge is -2.27. The lowest BCUT2D eigenvalue weighted by atomic mass is 10.1. The van der Waals surface area contributed by atoms with Crippen LogP contribution in [-0.2, 0) is 0 Å². The topological polar surface area (TPSA) is 63.4 Å². The van der Waals surface area contributed by atoms with Crippen molar-refractivity contribution < 1.29 is 10.0 Å². The smallest absolute Gasteiger partial charge is 0.335 e. The molecule has 0 saturated heterocycles. The molecule has 1 rings (SSSR count). The van der Waals surface area contributed by atoms with Crippen molar-refractivity contribution in [2.24, 2.45) is 0 Å². The summed E-state index contributed by atoms with van der Waals surface area (Å²) >= 11 is 12.2. The SMILES string of the molecule is O=[N+]([O-])C1(Br)C(Br)=CC(Br)=C(Br)C1O. The Morgan fingerprint density at radius 3 is 2.43 bits per heavy atom. The van der Waals surface area contributed by atoms with E-state index < -0.39 is 15.5 Å². The zero-order valence-electron chi connectivity index (χ0n) is 6.38. The Hall–Kier alpha value is 0.760. The van der Waals surface area contributed by atoms with Gasteiger partial charge in [0, 0.05) is 29.8 Å². The lowest BCUT2D eigenvalue weighted by Crippen LogP contribution is -2.45. The van der Waals surface area contributed by atoms with Gasteiger partial charge in [0.05, 0.1) is 4.48 Å². The number of aliphatic hydroxyl groups is 1. The summed E-state index contributed by atoms with van der Waals surface area (Å²) in [6, 6.07) is 0. The molecule has 0 aromatic rings. The van der Waals surface area contributed by atoms with Crippen LogP contribution in [0.3, 0.4) is 0 Å². The molecule has 2 unspecified atom stereocenters. The van der Waals surface area contributed by atoms with Gasteiger partial charge >= 0.3 is 4.45 Å². The maximum Gasteiger partial charge on any atom is 0.335 e. The van der Waals surface area contributed by atoms with Crippen molar-refractivity contribution in [2.45, 2.75) is 10.6 Å². The largest absolute Gasteiger partial charge is 0.379 e. The molecule has 0 saturated carbocycles. The van der Waals surface area contributed by atoms with E-state index in [2.05, 4.69) is 63.7 Å². The monoisotopic (exact) mass is 453 g/mol. The fraction of sp³-hybridized carbons (Fsp3) is 0.333. The average molecular weight is 457 g/mol. The number of hydrogen-bond acceptors (Lipinski definition) is 3. The summed E-state index contributed by atoms with van der Waals surface area (Å²) < 4.78 is -0.580. The highest BCUT2D eigenvalue weighted by Gasteiger charge is 2.54. The summed E-state index contributed by atoms with van der Waals surface area (Å²) in [6.45, 7) is 0. The van der Waals surface area contributed by atoms with Gasteiger partial charge in [0.25, 0.3) is 0 Å². The number of aliphatic hydroxyl groups excluding tert-OH is 1. The Bertz CT molecular complexity index is 353. The zero-order valence-corrected chi connectivity index (χ0v) is 12.7. The van der Waals surface area contributed by atoms with Gasteiger partial charge in [-0.2, -0.15) is 0 Å². The fourth-order valence-electron chi connectivity index (χ4n) is 0.898. The molecule has 0 radical (unpaired) electrons. The molecule has 1 aliphatic carbocycles. The highest BCUT2D eigenvalue weighted by atomic mass is 79.9. The molecule has 0 aromatic carbocycles. The van der Waals surface area contributed by atoms with E-state index in [1.807, 2.05) is 0 Å². The first kappa shape index (κ1) is 12.8. The molecule has 0 spiro atoms. The molecule has 0 aliphatic heterocycles. The van der Waals surface area contributed by atoms with Gasteiger partial charge < -0.3 is 5.11 Å². The molecule has 1 aliphatic rings. The molecule has 2 atom stereocenters. The van der Waals surface area contributed by atoms with E-state index in [-0.39, 0.29) is 4.48 Å². The summed E-state index contributed by atoms with van der Waals surface area (Å²) in [5, 5.41) is 20.5. The quantitative estimate of drug-likeness (QED) is 0.286. The van der Waals surface area contributed by atoms with E-state index in [4.69, 9.17) is 0 Å². The second kappa shape index (κ2) is 4.32. The first-order chi connectivity index (χ1) is 6.31. The van der Waals surface area contributed by atoms with Crippen LogP contribution < -0.4 is 0 Å². The highest BCUT2D eigenvalue weighted by Crippen LogP contribution is 2.46. The van der Waals surface area contributed by atoms with E-state index in [0.29, 0.717) is 8.96 Å². The van der Waals surface area contributed by atoms with Gasteiger partial charge in [-0.15, -0.1) is 0 Å². The van der Waals surface area contributed by atoms with E-state index in [9.17, 15) is 15.2 Å². The van der Waals surface area contributed by atoms with Crippen LogP contribution in [0, 0.1) is 10.1 Å². The Labute approximate surface area is 113 Å². The second-order valence-corrected chi connectivity index (χ2v) is 6.29. The fourth-order valence-corrected chi connectivity index (χ4v) is 3.34. The molecule has 0 fully saturated rings. The maximum atomic E-state index is 10.8. The summed E-state index contributed by atoms with van der Waals surface area (Å²) in [5.74, 6) is 0. The van der Waals surface area contributed by atoms with Crippen molar-refractivity contribution >= 4 is 63.7 Å². The molecular weight excluding hydrogens is 454 g/mol. The van der Waals surface area contributed by atoms with E-state index in [1.165, 1.54) is 6.08 Å². The van der Waals surface area contributed by atoms with E-state index >= 15 is 0 Å². The van der Waals surface area contributed by atoms with Gasteiger partial charge in [0.2, 0.25) is 0 Å². The summed E-state index contributed by atoms with van der Waals surface area (Å²) in [6.07, 6.45) is 0.222. The van der Waals surface area contributed by atoms with Crippen LogP contribution in [0.25, 0.3) is 0 Å². The van der Waals surface area contributed by atoms with E-state index in [1.54, 1.807) is 0 Å². The third-order valence-electron chi connectivity index (χ3n) is 1.68. The zero-order chi connectivity index (χ0) is 11.1. The summed E-state index contributed by atoms with van der Waals surface area (Å²) in [5.41, 5.74) is 0. The number of alkyl halides is 1. The van der Waals surface area contributed by atoms with Crippen LogP contribution >= 0.6 is 63.7 Å². The molecule has 0 heterocycles. The van der Waals surface area contributed by atoms with E-state index in [0.717, 1.165) is 0 Å². The Kier molecular flexibility index (Phi) is 3.96. The van der Waals surface area contributed by atoms with Crippen molar-refractivity contribution in [1.82, 2.24) is 0 Å². The average Bonchev–Trinajstić information content (AvgIpc) is 2.11. The normalized spacial score (nSPS) is 32.9. The second-order valence-electron chi connectivity index (χ2n) is 2.52. The maximum absolute atomic E-state index is 10.8. The third-order valence-corrected chi connectivity index (χ3v) is 6.25. The molecule has 78 valence electrons. The number of hydrogen-bond donors (Lipinski definition) is 1. The molecule has 0 aromatic heterocycles. The predicted octanol–water partition coefficient (Wildman–Crippen LogP) is 3.01. The van der Waals surface area contributed by atoms with Gasteiger partial charge in [-0.1, -0.05) is 15.9 Å². The molecule has 14 heavy (non-hydrogen) atoms.